The maximum Gasteiger partial charge on any atom is 0.162 e. The molecule has 1 aromatic carbocycles. The molecule has 4 nitrogen and oxygen atoms in total. The summed E-state index contributed by atoms with van der Waals surface area (Å²) in [6.07, 6.45) is 2.77. The van der Waals surface area contributed by atoms with Crippen LogP contribution < -0.4 is 10.1 Å². The van der Waals surface area contributed by atoms with E-state index >= 15 is 0 Å². The van der Waals surface area contributed by atoms with Gasteiger partial charge < -0.3 is 15.2 Å². The monoisotopic (exact) mass is 272 g/mol. The molecular formula is C16H20N2O2. The predicted octanol–water partition coefficient (Wildman–Crippen LogP) is 2.65. The second kappa shape index (κ2) is 6.91. The highest BCUT2D eigenvalue weighted by Crippen LogP contribution is 2.29. The molecule has 0 aliphatic rings. The van der Waals surface area contributed by atoms with E-state index in [0.717, 1.165) is 17.7 Å². The normalized spacial score (nSPS) is 10.5. The maximum absolute atomic E-state index is 10.0. The van der Waals surface area contributed by atoms with E-state index in [1.54, 1.807) is 19.4 Å². The zero-order chi connectivity index (χ0) is 14.4. The molecule has 0 fully saturated rings. The van der Waals surface area contributed by atoms with Crippen molar-refractivity contribution in [2.24, 2.45) is 0 Å². The summed E-state index contributed by atoms with van der Waals surface area (Å²) in [6, 6.07) is 9.54. The van der Waals surface area contributed by atoms with Gasteiger partial charge in [-0.15, -0.1) is 0 Å². The number of ether oxygens (including phenoxy) is 1. The largest absolute Gasteiger partial charge is 0.504 e. The molecule has 2 N–H and O–H groups in total. The SMILES string of the molecule is CCc1cccnc1CNCc1cccc(OC)c1O. The fraction of sp³-hybridized carbons (Fsp3) is 0.312. The van der Waals surface area contributed by atoms with Crippen LogP contribution >= 0.6 is 0 Å². The van der Waals surface area contributed by atoms with Crippen molar-refractivity contribution in [2.45, 2.75) is 26.4 Å². The van der Waals surface area contributed by atoms with Gasteiger partial charge in [-0.3, -0.25) is 4.98 Å². The minimum atomic E-state index is 0.194. The number of pyridine rings is 1. The van der Waals surface area contributed by atoms with Crippen LogP contribution in [0.4, 0.5) is 0 Å². The molecule has 2 aromatic rings. The summed E-state index contributed by atoms with van der Waals surface area (Å²) in [6.45, 7) is 3.37. The standard InChI is InChI=1S/C16H20N2O2/c1-3-12-7-5-9-18-14(12)11-17-10-13-6-4-8-15(20-2)16(13)19/h4-9,17,19H,3,10-11H2,1-2H3. The molecule has 0 aliphatic heterocycles. The van der Waals surface area contributed by atoms with Gasteiger partial charge in [0, 0.05) is 24.8 Å². The Morgan fingerprint density at radius 1 is 1.15 bits per heavy atom. The molecule has 0 atom stereocenters. The topological polar surface area (TPSA) is 54.4 Å². The van der Waals surface area contributed by atoms with Crippen molar-refractivity contribution < 1.29 is 9.84 Å². The first kappa shape index (κ1) is 14.3. The maximum atomic E-state index is 10.0. The second-order valence-corrected chi connectivity index (χ2v) is 4.53. The van der Waals surface area contributed by atoms with Gasteiger partial charge in [0.05, 0.1) is 12.8 Å². The Morgan fingerprint density at radius 2 is 1.95 bits per heavy atom. The number of nitrogens with one attached hydrogen (secondary N) is 1. The molecule has 0 spiro atoms. The summed E-state index contributed by atoms with van der Waals surface area (Å²) in [5, 5.41) is 13.3. The van der Waals surface area contributed by atoms with Gasteiger partial charge in [0.1, 0.15) is 0 Å². The highest BCUT2D eigenvalue weighted by atomic mass is 16.5. The third kappa shape index (κ3) is 3.27. The smallest absolute Gasteiger partial charge is 0.162 e. The van der Waals surface area contributed by atoms with Crippen molar-refractivity contribution in [3.05, 3.63) is 53.3 Å². The summed E-state index contributed by atoms with van der Waals surface area (Å²) < 4.78 is 5.10. The first-order valence-electron chi connectivity index (χ1n) is 6.74. The Morgan fingerprint density at radius 3 is 2.70 bits per heavy atom. The number of rotatable bonds is 6. The average molecular weight is 272 g/mol. The van der Waals surface area contributed by atoms with Crippen molar-refractivity contribution >= 4 is 0 Å². The summed E-state index contributed by atoms with van der Waals surface area (Å²) in [5.74, 6) is 0.690. The number of hydrogen-bond donors (Lipinski definition) is 2. The molecule has 20 heavy (non-hydrogen) atoms. The Bertz CT molecular complexity index is 570. The lowest BCUT2D eigenvalue weighted by Crippen LogP contribution is -2.15. The fourth-order valence-electron chi connectivity index (χ4n) is 2.14. The fourth-order valence-corrected chi connectivity index (χ4v) is 2.14. The van der Waals surface area contributed by atoms with Crippen LogP contribution in [0.15, 0.2) is 36.5 Å². The number of benzene rings is 1. The van der Waals surface area contributed by atoms with Crippen LogP contribution in [0.5, 0.6) is 11.5 Å². The number of aromatic hydroxyl groups is 1. The van der Waals surface area contributed by atoms with E-state index in [0.29, 0.717) is 18.8 Å². The number of aryl methyl sites for hydroxylation is 1. The molecule has 0 amide bonds. The van der Waals surface area contributed by atoms with Gasteiger partial charge in [0.25, 0.3) is 0 Å². The number of methoxy groups -OCH3 is 1. The Kier molecular flexibility index (Phi) is 4.96. The number of nitrogens with zero attached hydrogens (tertiary/aromatic N) is 1. The first-order valence-corrected chi connectivity index (χ1v) is 6.74. The van der Waals surface area contributed by atoms with Crippen molar-refractivity contribution in [2.75, 3.05) is 7.11 Å². The summed E-state index contributed by atoms with van der Waals surface area (Å²) in [5.41, 5.74) is 3.12. The van der Waals surface area contributed by atoms with Gasteiger partial charge >= 0.3 is 0 Å². The highest BCUT2D eigenvalue weighted by molar-refractivity contribution is 5.45. The van der Waals surface area contributed by atoms with Crippen LogP contribution in [0, 0.1) is 0 Å². The van der Waals surface area contributed by atoms with Gasteiger partial charge in [0.15, 0.2) is 11.5 Å². The Labute approximate surface area is 119 Å². The molecule has 0 unspecified atom stereocenters. The first-order chi connectivity index (χ1) is 9.76. The van der Waals surface area contributed by atoms with Crippen LogP contribution in [-0.2, 0) is 19.5 Å². The zero-order valence-electron chi connectivity index (χ0n) is 11.9. The second-order valence-electron chi connectivity index (χ2n) is 4.53. The molecule has 1 heterocycles. The third-order valence-electron chi connectivity index (χ3n) is 3.28. The molecule has 2 rings (SSSR count). The summed E-state index contributed by atoms with van der Waals surface area (Å²) in [4.78, 5) is 4.39. The van der Waals surface area contributed by atoms with Gasteiger partial charge in [-0.25, -0.2) is 0 Å². The summed E-state index contributed by atoms with van der Waals surface area (Å²) in [7, 11) is 1.55. The van der Waals surface area contributed by atoms with Crippen LogP contribution in [0.3, 0.4) is 0 Å². The van der Waals surface area contributed by atoms with E-state index in [1.807, 2.05) is 18.2 Å². The van der Waals surface area contributed by atoms with E-state index in [4.69, 9.17) is 4.74 Å². The van der Waals surface area contributed by atoms with Gasteiger partial charge in [-0.1, -0.05) is 25.1 Å². The lowest BCUT2D eigenvalue weighted by atomic mass is 10.1. The molecule has 0 saturated heterocycles. The number of aromatic nitrogens is 1. The van der Waals surface area contributed by atoms with E-state index < -0.39 is 0 Å². The number of phenolic OH excluding ortho intramolecular Hbond substituents is 1. The molecule has 0 aliphatic carbocycles. The van der Waals surface area contributed by atoms with E-state index in [9.17, 15) is 5.11 Å². The highest BCUT2D eigenvalue weighted by Gasteiger charge is 2.07. The molecule has 1 aromatic heterocycles. The van der Waals surface area contributed by atoms with Gasteiger partial charge in [0.2, 0.25) is 0 Å². The lowest BCUT2D eigenvalue weighted by molar-refractivity contribution is 0.369. The zero-order valence-corrected chi connectivity index (χ0v) is 11.9. The summed E-state index contributed by atoms with van der Waals surface area (Å²) >= 11 is 0. The van der Waals surface area contributed by atoms with Crippen LogP contribution in [0.1, 0.15) is 23.7 Å². The van der Waals surface area contributed by atoms with E-state index in [1.165, 1.54) is 5.56 Å². The molecule has 106 valence electrons. The van der Waals surface area contributed by atoms with Crippen LogP contribution in [-0.4, -0.2) is 17.2 Å². The molecule has 4 heteroatoms. The molecular weight excluding hydrogens is 252 g/mol. The van der Waals surface area contributed by atoms with E-state index in [2.05, 4.69) is 23.3 Å². The van der Waals surface area contributed by atoms with Crippen molar-refractivity contribution in [1.82, 2.24) is 10.3 Å². The van der Waals surface area contributed by atoms with E-state index in [-0.39, 0.29) is 5.75 Å². The predicted molar refractivity (Wildman–Crippen MR) is 78.8 cm³/mol. The van der Waals surface area contributed by atoms with Gasteiger partial charge in [-0.05, 0) is 24.1 Å². The number of phenols is 1. The molecule has 0 radical (unpaired) electrons. The molecule has 0 bridgehead atoms. The number of hydrogen-bond acceptors (Lipinski definition) is 4. The minimum absolute atomic E-state index is 0.194. The molecule has 0 saturated carbocycles. The Balaban J connectivity index is 1.99. The lowest BCUT2D eigenvalue weighted by Gasteiger charge is -2.11. The van der Waals surface area contributed by atoms with Crippen molar-refractivity contribution in [3.8, 4) is 11.5 Å². The van der Waals surface area contributed by atoms with Crippen LogP contribution in [0.2, 0.25) is 0 Å². The van der Waals surface area contributed by atoms with Gasteiger partial charge in [-0.2, -0.15) is 0 Å². The average Bonchev–Trinajstić information content (AvgIpc) is 2.49. The Hall–Kier alpha value is -2.07. The quantitative estimate of drug-likeness (QED) is 0.849. The van der Waals surface area contributed by atoms with Crippen molar-refractivity contribution in [3.63, 3.8) is 0 Å². The number of para-hydroxylation sites is 1. The minimum Gasteiger partial charge on any atom is -0.504 e. The third-order valence-corrected chi connectivity index (χ3v) is 3.28. The van der Waals surface area contributed by atoms with Crippen molar-refractivity contribution in [1.29, 1.82) is 0 Å². The van der Waals surface area contributed by atoms with Crippen LogP contribution in [0.25, 0.3) is 0 Å².